The second kappa shape index (κ2) is 7.03. The van der Waals surface area contributed by atoms with Gasteiger partial charge in [-0.2, -0.15) is 0 Å². The van der Waals surface area contributed by atoms with Crippen LogP contribution in [0.4, 0.5) is 4.39 Å². The van der Waals surface area contributed by atoms with Crippen molar-refractivity contribution in [2.24, 2.45) is 0 Å². The van der Waals surface area contributed by atoms with Crippen LogP contribution in [0.2, 0.25) is 0 Å². The van der Waals surface area contributed by atoms with Gasteiger partial charge >= 0.3 is 0 Å². The molecule has 0 fully saturated rings. The summed E-state index contributed by atoms with van der Waals surface area (Å²) in [5, 5.41) is 12.9. The van der Waals surface area contributed by atoms with Crippen molar-refractivity contribution in [1.82, 2.24) is 5.32 Å². The van der Waals surface area contributed by atoms with Crippen LogP contribution in [0.15, 0.2) is 48.5 Å². The zero-order valence-electron chi connectivity index (χ0n) is 12.6. The van der Waals surface area contributed by atoms with Gasteiger partial charge in [-0.05, 0) is 54.0 Å². The standard InChI is InChI=1S/C19H22FNO/c20-17-8-6-15-7-9-19(18(15)12-17)21-13-16(10-11-22)14-4-2-1-3-5-14/h1-6,8,12,16,19,21-22H,7,9-11,13H2. The molecular weight excluding hydrogens is 277 g/mol. The molecule has 0 bridgehead atoms. The fraction of sp³-hybridized carbons (Fsp3) is 0.368. The minimum atomic E-state index is -0.164. The number of aliphatic hydroxyl groups excluding tert-OH is 1. The van der Waals surface area contributed by atoms with E-state index in [-0.39, 0.29) is 24.4 Å². The number of halogens is 1. The van der Waals surface area contributed by atoms with Gasteiger partial charge in [-0.25, -0.2) is 4.39 Å². The highest BCUT2D eigenvalue weighted by molar-refractivity contribution is 5.35. The fourth-order valence-electron chi connectivity index (χ4n) is 3.34. The highest BCUT2D eigenvalue weighted by Crippen LogP contribution is 2.32. The lowest BCUT2D eigenvalue weighted by molar-refractivity contribution is 0.272. The highest BCUT2D eigenvalue weighted by Gasteiger charge is 2.23. The molecule has 0 saturated heterocycles. The molecule has 3 heteroatoms. The van der Waals surface area contributed by atoms with E-state index in [0.29, 0.717) is 0 Å². The molecule has 0 radical (unpaired) electrons. The van der Waals surface area contributed by atoms with Gasteiger partial charge in [0.15, 0.2) is 0 Å². The molecular formula is C19H22FNO. The summed E-state index contributed by atoms with van der Waals surface area (Å²) in [7, 11) is 0. The summed E-state index contributed by atoms with van der Waals surface area (Å²) in [6.45, 7) is 0.975. The third kappa shape index (κ3) is 3.37. The fourth-order valence-corrected chi connectivity index (χ4v) is 3.34. The van der Waals surface area contributed by atoms with Crippen molar-refractivity contribution in [2.75, 3.05) is 13.2 Å². The lowest BCUT2D eigenvalue weighted by Gasteiger charge is -2.21. The maximum Gasteiger partial charge on any atom is 0.123 e. The van der Waals surface area contributed by atoms with Crippen molar-refractivity contribution >= 4 is 0 Å². The number of aryl methyl sites for hydroxylation is 1. The maximum atomic E-state index is 13.5. The average Bonchev–Trinajstić information content (AvgIpc) is 2.94. The van der Waals surface area contributed by atoms with Gasteiger partial charge in [0.05, 0.1) is 0 Å². The Kier molecular flexibility index (Phi) is 4.86. The van der Waals surface area contributed by atoms with Crippen LogP contribution in [0.5, 0.6) is 0 Å². The summed E-state index contributed by atoms with van der Waals surface area (Å²) >= 11 is 0. The molecule has 0 heterocycles. The summed E-state index contributed by atoms with van der Waals surface area (Å²) in [5.41, 5.74) is 3.58. The van der Waals surface area contributed by atoms with E-state index < -0.39 is 0 Å². The van der Waals surface area contributed by atoms with Gasteiger partial charge in [-0.3, -0.25) is 0 Å². The van der Waals surface area contributed by atoms with Crippen LogP contribution in [-0.2, 0) is 6.42 Å². The van der Waals surface area contributed by atoms with Gasteiger partial charge in [0.25, 0.3) is 0 Å². The van der Waals surface area contributed by atoms with E-state index >= 15 is 0 Å². The zero-order chi connectivity index (χ0) is 15.4. The van der Waals surface area contributed by atoms with Crippen LogP contribution in [0, 0.1) is 5.82 Å². The highest BCUT2D eigenvalue weighted by atomic mass is 19.1. The molecule has 22 heavy (non-hydrogen) atoms. The molecule has 0 spiro atoms. The second-order valence-electron chi connectivity index (χ2n) is 5.96. The number of hydrogen-bond donors (Lipinski definition) is 2. The Bertz CT molecular complexity index is 614. The van der Waals surface area contributed by atoms with E-state index in [2.05, 4.69) is 17.4 Å². The SMILES string of the molecule is OCCC(CNC1CCc2ccc(F)cc21)c1ccccc1. The molecule has 0 aromatic heterocycles. The Hall–Kier alpha value is -1.71. The minimum absolute atomic E-state index is 0.164. The number of hydrogen-bond acceptors (Lipinski definition) is 2. The molecule has 2 unspecified atom stereocenters. The monoisotopic (exact) mass is 299 g/mol. The van der Waals surface area contributed by atoms with Crippen LogP contribution < -0.4 is 5.32 Å². The number of aliphatic hydroxyl groups is 1. The lowest BCUT2D eigenvalue weighted by atomic mass is 9.95. The van der Waals surface area contributed by atoms with Crippen molar-refractivity contribution < 1.29 is 9.50 Å². The van der Waals surface area contributed by atoms with Gasteiger partial charge in [0, 0.05) is 19.2 Å². The number of nitrogens with one attached hydrogen (secondary N) is 1. The van der Waals surface area contributed by atoms with Crippen LogP contribution in [0.1, 0.15) is 41.5 Å². The van der Waals surface area contributed by atoms with Gasteiger partial charge in [-0.1, -0.05) is 36.4 Å². The third-order valence-corrected chi connectivity index (χ3v) is 4.54. The lowest BCUT2D eigenvalue weighted by Crippen LogP contribution is -2.26. The Morgan fingerprint density at radius 2 is 2.00 bits per heavy atom. The molecule has 0 saturated carbocycles. The second-order valence-corrected chi connectivity index (χ2v) is 5.96. The zero-order valence-corrected chi connectivity index (χ0v) is 12.6. The Balaban J connectivity index is 1.68. The van der Waals surface area contributed by atoms with Gasteiger partial charge in [0.1, 0.15) is 5.82 Å². The van der Waals surface area contributed by atoms with E-state index in [1.165, 1.54) is 11.1 Å². The van der Waals surface area contributed by atoms with Crippen molar-refractivity contribution in [1.29, 1.82) is 0 Å². The summed E-state index contributed by atoms with van der Waals surface area (Å²) in [6, 6.07) is 15.6. The van der Waals surface area contributed by atoms with Crippen molar-refractivity contribution in [3.05, 3.63) is 71.0 Å². The molecule has 2 atom stereocenters. The predicted molar refractivity (Wildman–Crippen MR) is 86.4 cm³/mol. The van der Waals surface area contributed by atoms with Crippen LogP contribution in [-0.4, -0.2) is 18.3 Å². The van der Waals surface area contributed by atoms with E-state index in [1.807, 2.05) is 24.3 Å². The molecule has 2 nitrogen and oxygen atoms in total. The van der Waals surface area contributed by atoms with Crippen LogP contribution >= 0.6 is 0 Å². The summed E-state index contributed by atoms with van der Waals surface area (Å²) < 4.78 is 13.5. The average molecular weight is 299 g/mol. The van der Waals surface area contributed by atoms with Gasteiger partial charge < -0.3 is 10.4 Å². The first-order chi connectivity index (χ1) is 10.8. The predicted octanol–water partition coefficient (Wildman–Crippen LogP) is 3.57. The maximum absolute atomic E-state index is 13.5. The summed E-state index contributed by atoms with van der Waals surface area (Å²) in [4.78, 5) is 0. The normalized spacial score (nSPS) is 18.2. The number of rotatable bonds is 6. The first kappa shape index (κ1) is 15.2. The largest absolute Gasteiger partial charge is 0.396 e. The molecule has 2 aromatic carbocycles. The quantitative estimate of drug-likeness (QED) is 0.854. The molecule has 2 aromatic rings. The smallest absolute Gasteiger partial charge is 0.123 e. The van der Waals surface area contributed by atoms with Crippen molar-refractivity contribution in [2.45, 2.75) is 31.2 Å². The summed E-state index contributed by atoms with van der Waals surface area (Å²) in [6.07, 6.45) is 2.75. The van der Waals surface area contributed by atoms with Crippen LogP contribution in [0.3, 0.4) is 0 Å². The van der Waals surface area contributed by atoms with E-state index in [4.69, 9.17) is 0 Å². The van der Waals surface area contributed by atoms with Crippen molar-refractivity contribution in [3.8, 4) is 0 Å². The minimum Gasteiger partial charge on any atom is -0.396 e. The first-order valence-corrected chi connectivity index (χ1v) is 7.95. The first-order valence-electron chi connectivity index (χ1n) is 7.95. The Morgan fingerprint density at radius 1 is 1.18 bits per heavy atom. The van der Waals surface area contributed by atoms with Crippen molar-refractivity contribution in [3.63, 3.8) is 0 Å². The molecule has 0 amide bonds. The van der Waals surface area contributed by atoms with E-state index in [9.17, 15) is 9.50 Å². The molecule has 116 valence electrons. The summed E-state index contributed by atoms with van der Waals surface area (Å²) in [5.74, 6) is 0.117. The van der Waals surface area contributed by atoms with E-state index in [1.54, 1.807) is 12.1 Å². The molecule has 3 rings (SSSR count). The molecule has 2 N–H and O–H groups in total. The number of fused-ring (bicyclic) bond motifs is 1. The number of benzene rings is 2. The molecule has 1 aliphatic carbocycles. The van der Waals surface area contributed by atoms with Gasteiger partial charge in [-0.15, -0.1) is 0 Å². The Morgan fingerprint density at radius 3 is 2.77 bits per heavy atom. The van der Waals surface area contributed by atoms with E-state index in [0.717, 1.165) is 31.4 Å². The third-order valence-electron chi connectivity index (χ3n) is 4.54. The Labute approximate surface area is 131 Å². The van der Waals surface area contributed by atoms with Gasteiger partial charge in [0.2, 0.25) is 0 Å². The molecule has 1 aliphatic rings. The molecule has 0 aliphatic heterocycles. The topological polar surface area (TPSA) is 32.3 Å². The van der Waals surface area contributed by atoms with Crippen LogP contribution in [0.25, 0.3) is 0 Å².